The molecule has 3 N–H and O–H groups in total. The van der Waals surface area contributed by atoms with Gasteiger partial charge in [0.1, 0.15) is 6.54 Å². The third kappa shape index (κ3) is 6.04. The number of rotatable bonds is 6. The number of carbonyl (C=O) groups excluding carboxylic acids is 2. The van der Waals surface area contributed by atoms with Gasteiger partial charge in [-0.05, 0) is 23.6 Å². The molecule has 0 aliphatic carbocycles. The van der Waals surface area contributed by atoms with Gasteiger partial charge < -0.3 is 4.90 Å². The number of carbonyl (C=O) groups is 2. The third-order valence-corrected chi connectivity index (χ3v) is 3.97. The van der Waals surface area contributed by atoms with Crippen LogP contribution in [-0.4, -0.2) is 25.4 Å². The van der Waals surface area contributed by atoms with Crippen LogP contribution in [0.2, 0.25) is 0 Å². The van der Waals surface area contributed by atoms with E-state index in [0.717, 1.165) is 11.4 Å². The molecule has 1 unspecified atom stereocenters. The van der Waals surface area contributed by atoms with Gasteiger partial charge in [0.05, 0.1) is 7.05 Å². The molecule has 0 saturated carbocycles. The number of quaternary nitrogens is 1. The Balaban J connectivity index is 1.77. The van der Waals surface area contributed by atoms with Crippen molar-refractivity contribution in [2.75, 3.05) is 13.6 Å². The number of hydrogen-bond donors (Lipinski definition) is 3. The van der Waals surface area contributed by atoms with Crippen molar-refractivity contribution in [3.05, 3.63) is 71.3 Å². The SMILES string of the molecule is CC(C)c1ccc(C[NH+](C)CC(=O)NNC(=O)c2ccccc2)cc1. The molecule has 5 nitrogen and oxygen atoms in total. The van der Waals surface area contributed by atoms with Gasteiger partial charge in [0.15, 0.2) is 6.54 Å². The van der Waals surface area contributed by atoms with Crippen LogP contribution in [0.15, 0.2) is 54.6 Å². The third-order valence-electron chi connectivity index (χ3n) is 3.97. The average molecular weight is 340 g/mol. The lowest BCUT2D eigenvalue weighted by atomic mass is 10.0. The van der Waals surface area contributed by atoms with Crippen LogP contribution in [0.3, 0.4) is 0 Å². The van der Waals surface area contributed by atoms with Crippen LogP contribution in [0, 0.1) is 0 Å². The van der Waals surface area contributed by atoms with Gasteiger partial charge in [0, 0.05) is 11.1 Å². The van der Waals surface area contributed by atoms with E-state index >= 15 is 0 Å². The summed E-state index contributed by atoms with van der Waals surface area (Å²) in [6.45, 7) is 5.36. The van der Waals surface area contributed by atoms with Gasteiger partial charge in [-0.3, -0.25) is 20.4 Å². The zero-order valence-corrected chi connectivity index (χ0v) is 15.0. The Hall–Kier alpha value is -2.66. The minimum Gasteiger partial charge on any atom is -0.326 e. The molecule has 0 saturated heterocycles. The average Bonchev–Trinajstić information content (AvgIpc) is 2.60. The van der Waals surface area contributed by atoms with Gasteiger partial charge in [-0.25, -0.2) is 0 Å². The Morgan fingerprint density at radius 3 is 2.20 bits per heavy atom. The lowest BCUT2D eigenvalue weighted by Crippen LogP contribution is -3.09. The summed E-state index contributed by atoms with van der Waals surface area (Å²) in [6.07, 6.45) is 0. The van der Waals surface area contributed by atoms with Gasteiger partial charge in [-0.1, -0.05) is 56.3 Å². The molecule has 25 heavy (non-hydrogen) atoms. The predicted molar refractivity (Wildman–Crippen MR) is 98.0 cm³/mol. The molecule has 0 fully saturated rings. The highest BCUT2D eigenvalue weighted by atomic mass is 16.2. The minimum absolute atomic E-state index is 0.222. The summed E-state index contributed by atoms with van der Waals surface area (Å²) in [6, 6.07) is 17.3. The molecule has 0 radical (unpaired) electrons. The number of nitrogens with one attached hydrogen (secondary N) is 3. The van der Waals surface area contributed by atoms with E-state index in [2.05, 4.69) is 49.0 Å². The molecule has 0 bridgehead atoms. The maximum atomic E-state index is 12.0. The van der Waals surface area contributed by atoms with Crippen molar-refractivity contribution in [1.82, 2.24) is 10.9 Å². The smallest absolute Gasteiger partial charge is 0.293 e. The second kappa shape index (κ2) is 8.99. The van der Waals surface area contributed by atoms with E-state index in [4.69, 9.17) is 0 Å². The molecule has 0 aliphatic rings. The van der Waals surface area contributed by atoms with Gasteiger partial charge in [-0.2, -0.15) is 0 Å². The summed E-state index contributed by atoms with van der Waals surface area (Å²) in [7, 11) is 1.95. The topological polar surface area (TPSA) is 62.6 Å². The van der Waals surface area contributed by atoms with E-state index in [-0.39, 0.29) is 18.4 Å². The molecule has 2 aromatic rings. The van der Waals surface area contributed by atoms with Crippen molar-refractivity contribution in [1.29, 1.82) is 0 Å². The quantitative estimate of drug-likeness (QED) is 0.694. The van der Waals surface area contributed by atoms with Crippen molar-refractivity contribution in [3.8, 4) is 0 Å². The Bertz CT molecular complexity index is 697. The standard InChI is InChI=1S/C20H25N3O2/c1-15(2)17-11-9-16(10-12-17)13-23(3)14-19(24)21-22-20(25)18-7-5-4-6-8-18/h4-12,15H,13-14H2,1-3H3,(H,21,24)(H,22,25)/p+1. The lowest BCUT2D eigenvalue weighted by Gasteiger charge is -2.15. The van der Waals surface area contributed by atoms with Crippen molar-refractivity contribution in [3.63, 3.8) is 0 Å². The molecule has 0 spiro atoms. The Morgan fingerprint density at radius 2 is 1.60 bits per heavy atom. The largest absolute Gasteiger partial charge is 0.326 e. The first-order valence-corrected chi connectivity index (χ1v) is 8.50. The van der Waals surface area contributed by atoms with E-state index in [1.54, 1.807) is 24.3 Å². The molecule has 2 aromatic carbocycles. The second-order valence-electron chi connectivity index (χ2n) is 6.58. The second-order valence-corrected chi connectivity index (χ2v) is 6.58. The fraction of sp³-hybridized carbons (Fsp3) is 0.300. The first-order chi connectivity index (χ1) is 12.0. The summed E-state index contributed by atoms with van der Waals surface area (Å²) in [4.78, 5) is 24.9. The Kier molecular flexibility index (Phi) is 6.71. The van der Waals surface area contributed by atoms with Crippen LogP contribution in [0.25, 0.3) is 0 Å². The maximum absolute atomic E-state index is 12.0. The van der Waals surface area contributed by atoms with Crippen molar-refractivity contribution >= 4 is 11.8 Å². The van der Waals surface area contributed by atoms with Gasteiger partial charge in [0.25, 0.3) is 11.8 Å². The number of amides is 2. The highest BCUT2D eigenvalue weighted by Crippen LogP contribution is 2.14. The van der Waals surface area contributed by atoms with Crippen molar-refractivity contribution < 1.29 is 14.5 Å². The van der Waals surface area contributed by atoms with Crippen LogP contribution in [0.5, 0.6) is 0 Å². The normalized spacial score (nSPS) is 11.8. The Labute approximate surface area is 149 Å². The molecular weight excluding hydrogens is 314 g/mol. The molecule has 0 aromatic heterocycles. The molecule has 2 amide bonds. The zero-order chi connectivity index (χ0) is 18.2. The summed E-state index contributed by atoms with van der Waals surface area (Å²) >= 11 is 0. The first-order valence-electron chi connectivity index (χ1n) is 8.50. The molecule has 0 aliphatic heterocycles. The highest BCUT2D eigenvalue weighted by Gasteiger charge is 2.12. The number of hydrazine groups is 1. The van der Waals surface area contributed by atoms with E-state index in [0.29, 0.717) is 11.5 Å². The van der Waals surface area contributed by atoms with Gasteiger partial charge >= 0.3 is 0 Å². The summed E-state index contributed by atoms with van der Waals surface area (Å²) in [5, 5.41) is 0. The molecule has 0 heterocycles. The Morgan fingerprint density at radius 1 is 0.960 bits per heavy atom. The summed E-state index contributed by atoms with van der Waals surface area (Å²) < 4.78 is 0. The van der Waals surface area contributed by atoms with E-state index < -0.39 is 0 Å². The van der Waals surface area contributed by atoms with Crippen LogP contribution in [0.4, 0.5) is 0 Å². The number of benzene rings is 2. The monoisotopic (exact) mass is 340 g/mol. The zero-order valence-electron chi connectivity index (χ0n) is 15.0. The maximum Gasteiger partial charge on any atom is 0.293 e. The highest BCUT2D eigenvalue weighted by molar-refractivity contribution is 5.95. The molecule has 1 atom stereocenters. The van der Waals surface area contributed by atoms with E-state index in [9.17, 15) is 9.59 Å². The van der Waals surface area contributed by atoms with Crippen LogP contribution < -0.4 is 15.8 Å². The van der Waals surface area contributed by atoms with Gasteiger partial charge in [0.2, 0.25) is 0 Å². The lowest BCUT2D eigenvalue weighted by molar-refractivity contribution is -0.885. The van der Waals surface area contributed by atoms with Crippen molar-refractivity contribution in [2.45, 2.75) is 26.3 Å². The first kappa shape index (κ1) is 18.7. The number of likely N-dealkylation sites (N-methyl/N-ethyl adjacent to an activating group) is 1. The fourth-order valence-electron chi connectivity index (χ4n) is 2.54. The number of hydrogen-bond acceptors (Lipinski definition) is 2. The van der Waals surface area contributed by atoms with Crippen LogP contribution in [-0.2, 0) is 11.3 Å². The molecule has 5 heteroatoms. The van der Waals surface area contributed by atoms with Gasteiger partial charge in [-0.15, -0.1) is 0 Å². The fourth-order valence-corrected chi connectivity index (χ4v) is 2.54. The molecule has 132 valence electrons. The molecule has 2 rings (SSSR count). The van der Waals surface area contributed by atoms with E-state index in [1.165, 1.54) is 11.1 Å². The van der Waals surface area contributed by atoms with E-state index in [1.807, 2.05) is 13.1 Å². The van der Waals surface area contributed by atoms with Crippen LogP contribution in [0.1, 0.15) is 41.3 Å². The van der Waals surface area contributed by atoms with Crippen LogP contribution >= 0.6 is 0 Å². The minimum atomic E-state index is -0.323. The predicted octanol–water partition coefficient (Wildman–Crippen LogP) is 1.29. The summed E-state index contributed by atoms with van der Waals surface area (Å²) in [5.74, 6) is -0.0328. The molecular formula is C20H26N3O2+. The summed E-state index contributed by atoms with van der Waals surface area (Å²) in [5.41, 5.74) is 7.90. The van der Waals surface area contributed by atoms with Crippen molar-refractivity contribution in [2.24, 2.45) is 0 Å².